The molecule has 0 amide bonds. The molecule has 0 aliphatic heterocycles. The van der Waals surface area contributed by atoms with Crippen molar-refractivity contribution in [3.05, 3.63) is 0 Å². The highest BCUT2D eigenvalue weighted by atomic mass is 32.2. The second kappa shape index (κ2) is 6.60. The van der Waals surface area contributed by atoms with Gasteiger partial charge in [-0.2, -0.15) is 0 Å². The summed E-state index contributed by atoms with van der Waals surface area (Å²) in [7, 11) is -2.81. The average Bonchev–Trinajstić information content (AvgIpc) is 2.20. The molecule has 0 saturated heterocycles. The van der Waals surface area contributed by atoms with Crippen LogP contribution in [0.25, 0.3) is 0 Å². The first-order valence-electron chi connectivity index (χ1n) is 6.49. The van der Waals surface area contributed by atoms with Crippen LogP contribution < -0.4 is 5.32 Å². The molecule has 2 atom stereocenters. The standard InChI is InChI=1S/C12H25NO2S/c1-3-9-16(14,15)10-8-13-12-7-5-4-6-11(12)2/h11-13H,3-10H2,1-2H3/t11-,12+/m1/s1. The Morgan fingerprint density at radius 2 is 1.88 bits per heavy atom. The summed E-state index contributed by atoms with van der Waals surface area (Å²) in [5.74, 6) is 1.32. The molecule has 1 aliphatic rings. The molecule has 0 unspecified atom stereocenters. The van der Waals surface area contributed by atoms with Crippen LogP contribution in [-0.2, 0) is 9.84 Å². The Morgan fingerprint density at radius 3 is 2.50 bits per heavy atom. The van der Waals surface area contributed by atoms with Gasteiger partial charge in [-0.15, -0.1) is 0 Å². The molecule has 3 nitrogen and oxygen atoms in total. The monoisotopic (exact) mass is 247 g/mol. The van der Waals surface area contributed by atoms with E-state index < -0.39 is 9.84 Å². The van der Waals surface area contributed by atoms with E-state index in [1.54, 1.807) is 0 Å². The molecule has 1 aliphatic carbocycles. The first kappa shape index (κ1) is 14.0. The van der Waals surface area contributed by atoms with Gasteiger partial charge in [0.1, 0.15) is 0 Å². The van der Waals surface area contributed by atoms with Crippen molar-refractivity contribution >= 4 is 9.84 Å². The lowest BCUT2D eigenvalue weighted by molar-refractivity contribution is 0.285. The van der Waals surface area contributed by atoms with Gasteiger partial charge in [0.15, 0.2) is 9.84 Å². The Hall–Kier alpha value is -0.0900. The maximum absolute atomic E-state index is 11.5. The number of rotatable bonds is 6. The lowest BCUT2D eigenvalue weighted by Gasteiger charge is -2.29. The molecule has 1 saturated carbocycles. The minimum atomic E-state index is -2.81. The SMILES string of the molecule is CCCS(=O)(=O)CCN[C@H]1CCCC[C@H]1C. The van der Waals surface area contributed by atoms with Gasteiger partial charge in [0.25, 0.3) is 0 Å². The van der Waals surface area contributed by atoms with E-state index in [9.17, 15) is 8.42 Å². The zero-order chi connectivity index (χ0) is 12.0. The Bertz CT molecular complexity index is 287. The maximum atomic E-state index is 11.5. The third kappa shape index (κ3) is 4.83. The molecule has 16 heavy (non-hydrogen) atoms. The van der Waals surface area contributed by atoms with E-state index in [1.807, 2.05) is 6.92 Å². The Kier molecular flexibility index (Phi) is 5.76. The van der Waals surface area contributed by atoms with Crippen LogP contribution in [0.5, 0.6) is 0 Å². The Morgan fingerprint density at radius 1 is 1.19 bits per heavy atom. The van der Waals surface area contributed by atoms with Crippen molar-refractivity contribution in [2.24, 2.45) is 5.92 Å². The van der Waals surface area contributed by atoms with Gasteiger partial charge in [0, 0.05) is 18.3 Å². The molecule has 0 aromatic heterocycles. The van der Waals surface area contributed by atoms with Crippen molar-refractivity contribution in [2.75, 3.05) is 18.1 Å². The summed E-state index contributed by atoms with van der Waals surface area (Å²) in [6, 6.07) is 0.533. The molecule has 0 spiro atoms. The van der Waals surface area contributed by atoms with E-state index in [2.05, 4.69) is 12.2 Å². The van der Waals surface area contributed by atoms with E-state index in [0.717, 1.165) is 6.42 Å². The normalized spacial score (nSPS) is 26.9. The van der Waals surface area contributed by atoms with Crippen LogP contribution in [-0.4, -0.2) is 32.5 Å². The first-order chi connectivity index (χ1) is 7.55. The average molecular weight is 247 g/mol. The predicted molar refractivity (Wildman–Crippen MR) is 68.4 cm³/mol. The van der Waals surface area contributed by atoms with Gasteiger partial charge in [-0.1, -0.05) is 26.7 Å². The highest BCUT2D eigenvalue weighted by Crippen LogP contribution is 2.23. The summed E-state index contributed by atoms with van der Waals surface area (Å²) in [6.45, 7) is 4.79. The van der Waals surface area contributed by atoms with Crippen LogP contribution in [0.15, 0.2) is 0 Å². The van der Waals surface area contributed by atoms with Gasteiger partial charge in [0.05, 0.1) is 5.75 Å². The van der Waals surface area contributed by atoms with Crippen molar-refractivity contribution in [2.45, 2.75) is 52.0 Å². The fraction of sp³-hybridized carbons (Fsp3) is 1.00. The molecule has 0 bridgehead atoms. The topological polar surface area (TPSA) is 46.2 Å². The zero-order valence-electron chi connectivity index (χ0n) is 10.5. The zero-order valence-corrected chi connectivity index (χ0v) is 11.4. The highest BCUT2D eigenvalue weighted by Gasteiger charge is 2.21. The molecule has 0 aromatic rings. The number of sulfone groups is 1. The number of hydrogen-bond donors (Lipinski definition) is 1. The Labute approximate surface area is 99.9 Å². The summed E-state index contributed by atoms with van der Waals surface area (Å²) in [5.41, 5.74) is 0. The first-order valence-corrected chi connectivity index (χ1v) is 8.31. The van der Waals surface area contributed by atoms with Gasteiger partial charge in [-0.05, 0) is 25.2 Å². The van der Waals surface area contributed by atoms with Gasteiger partial charge in [-0.25, -0.2) is 8.42 Å². The molecule has 1 N–H and O–H groups in total. The van der Waals surface area contributed by atoms with Crippen LogP contribution in [0, 0.1) is 5.92 Å². The van der Waals surface area contributed by atoms with E-state index in [-0.39, 0.29) is 0 Å². The minimum absolute atomic E-state index is 0.296. The maximum Gasteiger partial charge on any atom is 0.151 e. The molecule has 0 aromatic carbocycles. The third-order valence-corrected chi connectivity index (χ3v) is 5.30. The Balaban J connectivity index is 2.24. The van der Waals surface area contributed by atoms with Gasteiger partial charge in [0.2, 0.25) is 0 Å². The summed E-state index contributed by atoms with van der Waals surface area (Å²) >= 11 is 0. The van der Waals surface area contributed by atoms with Crippen molar-refractivity contribution in [1.29, 1.82) is 0 Å². The molecule has 0 radical (unpaired) electrons. The van der Waals surface area contributed by atoms with E-state index in [4.69, 9.17) is 0 Å². The molecular weight excluding hydrogens is 222 g/mol. The summed E-state index contributed by atoms with van der Waals surface area (Å²) < 4.78 is 23.0. The molecule has 1 fully saturated rings. The minimum Gasteiger partial charge on any atom is -0.313 e. The second-order valence-electron chi connectivity index (χ2n) is 4.97. The van der Waals surface area contributed by atoms with Gasteiger partial charge in [-0.3, -0.25) is 0 Å². The van der Waals surface area contributed by atoms with E-state index in [1.165, 1.54) is 25.7 Å². The van der Waals surface area contributed by atoms with Crippen molar-refractivity contribution in [3.63, 3.8) is 0 Å². The van der Waals surface area contributed by atoms with Gasteiger partial charge < -0.3 is 5.32 Å². The molecule has 4 heteroatoms. The summed E-state index contributed by atoms with van der Waals surface area (Å²) in [5, 5.41) is 3.41. The van der Waals surface area contributed by atoms with Crippen molar-refractivity contribution < 1.29 is 8.42 Å². The lowest BCUT2D eigenvalue weighted by atomic mass is 9.86. The quantitative estimate of drug-likeness (QED) is 0.780. The molecule has 1 rings (SSSR count). The van der Waals surface area contributed by atoms with Crippen LogP contribution in [0.4, 0.5) is 0 Å². The van der Waals surface area contributed by atoms with Crippen LogP contribution in [0.2, 0.25) is 0 Å². The lowest BCUT2D eigenvalue weighted by Crippen LogP contribution is -2.39. The van der Waals surface area contributed by atoms with Crippen molar-refractivity contribution in [3.8, 4) is 0 Å². The summed E-state index contributed by atoms with van der Waals surface area (Å²) in [4.78, 5) is 0. The van der Waals surface area contributed by atoms with Crippen LogP contribution >= 0.6 is 0 Å². The largest absolute Gasteiger partial charge is 0.313 e. The van der Waals surface area contributed by atoms with Gasteiger partial charge >= 0.3 is 0 Å². The smallest absolute Gasteiger partial charge is 0.151 e. The number of hydrogen-bond acceptors (Lipinski definition) is 3. The second-order valence-corrected chi connectivity index (χ2v) is 7.28. The van der Waals surface area contributed by atoms with Crippen molar-refractivity contribution in [1.82, 2.24) is 5.32 Å². The molecule has 96 valence electrons. The third-order valence-electron chi connectivity index (χ3n) is 3.45. The highest BCUT2D eigenvalue weighted by molar-refractivity contribution is 7.91. The van der Waals surface area contributed by atoms with E-state index >= 15 is 0 Å². The predicted octanol–water partition coefficient (Wildman–Crippen LogP) is 1.98. The number of nitrogens with one attached hydrogen (secondary N) is 1. The molecule has 0 heterocycles. The fourth-order valence-corrected chi connectivity index (χ4v) is 3.69. The summed E-state index contributed by atoms with van der Waals surface area (Å²) in [6.07, 6.45) is 5.81. The van der Waals surface area contributed by atoms with Crippen LogP contribution in [0.3, 0.4) is 0 Å². The van der Waals surface area contributed by atoms with Crippen LogP contribution in [0.1, 0.15) is 46.0 Å². The van der Waals surface area contributed by atoms with E-state index in [0.29, 0.717) is 30.0 Å². The molecular formula is C12H25NO2S. The fourth-order valence-electron chi connectivity index (χ4n) is 2.43.